The van der Waals surface area contributed by atoms with E-state index in [1.165, 1.54) is 25.6 Å². The number of urea groups is 1. The fourth-order valence-corrected chi connectivity index (χ4v) is 3.74. The van der Waals surface area contributed by atoms with Crippen LogP contribution in [0.25, 0.3) is 10.1 Å². The zero-order valence-electron chi connectivity index (χ0n) is 14.0. The highest BCUT2D eigenvalue weighted by atomic mass is 79.9. The van der Waals surface area contributed by atoms with Crippen molar-refractivity contribution in [2.45, 2.75) is 0 Å². The van der Waals surface area contributed by atoms with E-state index in [1.54, 1.807) is 24.3 Å². The van der Waals surface area contributed by atoms with Crippen molar-refractivity contribution in [1.29, 1.82) is 0 Å². The smallest absolute Gasteiger partial charge is 0.351 e. The molecule has 0 radical (unpaired) electrons. The van der Waals surface area contributed by atoms with E-state index in [1.807, 2.05) is 18.2 Å². The largest absolute Gasteiger partial charge is 0.494 e. The average molecular weight is 435 g/mol. The van der Waals surface area contributed by atoms with Crippen LogP contribution in [0.2, 0.25) is 0 Å². The third-order valence-corrected chi connectivity index (χ3v) is 5.24. The number of fused-ring (bicyclic) bond motifs is 1. The first-order valence-electron chi connectivity index (χ1n) is 7.54. The summed E-state index contributed by atoms with van der Waals surface area (Å²) >= 11 is 4.63. The summed E-state index contributed by atoms with van der Waals surface area (Å²) in [6, 6.07) is 12.2. The molecule has 26 heavy (non-hydrogen) atoms. The number of carbonyl (C=O) groups is 2. The molecule has 1 heterocycles. The minimum atomic E-state index is -0.453. The molecule has 6 nitrogen and oxygen atoms in total. The number of benzene rings is 2. The summed E-state index contributed by atoms with van der Waals surface area (Å²) < 4.78 is 11.9. The van der Waals surface area contributed by atoms with Crippen molar-refractivity contribution in [2.75, 3.05) is 24.9 Å². The highest BCUT2D eigenvalue weighted by Gasteiger charge is 2.20. The Morgan fingerprint density at radius 3 is 2.31 bits per heavy atom. The monoisotopic (exact) mass is 434 g/mol. The number of rotatable bonds is 4. The van der Waals surface area contributed by atoms with Crippen LogP contribution < -0.4 is 15.4 Å². The number of amides is 2. The Bertz CT molecular complexity index is 969. The van der Waals surface area contributed by atoms with Gasteiger partial charge in [0.05, 0.1) is 14.2 Å². The van der Waals surface area contributed by atoms with Crippen molar-refractivity contribution in [1.82, 2.24) is 0 Å². The highest BCUT2D eigenvalue weighted by molar-refractivity contribution is 9.10. The summed E-state index contributed by atoms with van der Waals surface area (Å²) in [5, 5.41) is 6.26. The third kappa shape index (κ3) is 3.81. The molecule has 3 aromatic rings. The van der Waals surface area contributed by atoms with Crippen LogP contribution in [-0.4, -0.2) is 26.2 Å². The number of carbonyl (C=O) groups excluding carboxylic acids is 2. The standard InChI is InChI=1S/C18H15BrN2O4S/c1-24-15-13-9-12(7-8-14(13)26-16(15)17(22)25-2)21-18(23)20-11-5-3-10(19)4-6-11/h3-9H,1-2H3,(H2,20,21,23). The first kappa shape index (κ1) is 18.2. The Hall–Kier alpha value is -2.58. The Labute approximate surface area is 162 Å². The molecule has 0 spiro atoms. The number of hydrogen-bond acceptors (Lipinski definition) is 5. The second kappa shape index (κ2) is 7.76. The SMILES string of the molecule is COC(=O)c1sc2ccc(NC(=O)Nc3ccc(Br)cc3)cc2c1OC. The van der Waals surface area contributed by atoms with Crippen LogP contribution in [0.15, 0.2) is 46.9 Å². The molecule has 0 atom stereocenters. The maximum Gasteiger partial charge on any atom is 0.351 e. The lowest BCUT2D eigenvalue weighted by Gasteiger charge is -2.08. The summed E-state index contributed by atoms with van der Waals surface area (Å²) in [5.41, 5.74) is 1.26. The molecular weight excluding hydrogens is 420 g/mol. The normalized spacial score (nSPS) is 10.4. The first-order valence-corrected chi connectivity index (χ1v) is 9.15. The van der Waals surface area contributed by atoms with Crippen LogP contribution >= 0.6 is 27.3 Å². The predicted molar refractivity (Wildman–Crippen MR) is 106 cm³/mol. The minimum Gasteiger partial charge on any atom is -0.494 e. The number of esters is 1. The molecular formula is C18H15BrN2O4S. The van der Waals surface area contributed by atoms with Crippen molar-refractivity contribution >= 4 is 60.7 Å². The van der Waals surface area contributed by atoms with Gasteiger partial charge in [-0.05, 0) is 42.5 Å². The maximum absolute atomic E-state index is 12.2. The molecule has 3 rings (SSSR count). The quantitative estimate of drug-likeness (QED) is 0.559. The topological polar surface area (TPSA) is 76.7 Å². The number of methoxy groups -OCH3 is 2. The average Bonchev–Trinajstić information content (AvgIpc) is 3.00. The van der Waals surface area contributed by atoms with E-state index in [4.69, 9.17) is 9.47 Å². The van der Waals surface area contributed by atoms with Crippen molar-refractivity contribution in [2.24, 2.45) is 0 Å². The second-order valence-corrected chi connectivity index (χ2v) is 7.22. The lowest BCUT2D eigenvalue weighted by Crippen LogP contribution is -2.19. The number of nitrogens with one attached hydrogen (secondary N) is 2. The molecule has 0 bridgehead atoms. The van der Waals surface area contributed by atoms with Gasteiger partial charge in [-0.1, -0.05) is 15.9 Å². The van der Waals surface area contributed by atoms with Gasteiger partial charge >= 0.3 is 12.0 Å². The number of thiophene rings is 1. The molecule has 0 saturated carbocycles. The Morgan fingerprint density at radius 2 is 1.65 bits per heavy atom. The number of ether oxygens (including phenoxy) is 2. The molecule has 8 heteroatoms. The van der Waals surface area contributed by atoms with Gasteiger partial charge in [-0.15, -0.1) is 11.3 Å². The lowest BCUT2D eigenvalue weighted by molar-refractivity contribution is 0.0603. The van der Waals surface area contributed by atoms with Crippen molar-refractivity contribution < 1.29 is 19.1 Å². The fraction of sp³-hybridized carbons (Fsp3) is 0.111. The Balaban J connectivity index is 1.83. The van der Waals surface area contributed by atoms with Gasteiger partial charge in [0.2, 0.25) is 0 Å². The maximum atomic E-state index is 12.2. The molecule has 0 saturated heterocycles. The molecule has 0 aliphatic carbocycles. The molecule has 0 unspecified atom stereocenters. The molecule has 2 aromatic carbocycles. The van der Waals surface area contributed by atoms with Gasteiger partial charge in [0.25, 0.3) is 0 Å². The van der Waals surface area contributed by atoms with Crippen LogP contribution in [0.4, 0.5) is 16.2 Å². The molecule has 134 valence electrons. The van der Waals surface area contributed by atoms with Gasteiger partial charge in [0.15, 0.2) is 10.6 Å². The second-order valence-electron chi connectivity index (χ2n) is 5.25. The molecule has 2 amide bonds. The van der Waals surface area contributed by atoms with Crippen LogP contribution in [0, 0.1) is 0 Å². The summed E-state index contributed by atoms with van der Waals surface area (Å²) in [4.78, 5) is 24.4. The molecule has 2 N–H and O–H groups in total. The Kier molecular flexibility index (Phi) is 5.43. The third-order valence-electron chi connectivity index (χ3n) is 3.58. The summed E-state index contributed by atoms with van der Waals surface area (Å²) in [5.74, 6) is -0.0145. The van der Waals surface area contributed by atoms with Gasteiger partial charge in [-0.2, -0.15) is 0 Å². The van der Waals surface area contributed by atoms with E-state index in [0.29, 0.717) is 22.0 Å². The summed E-state index contributed by atoms with van der Waals surface area (Å²) in [6.45, 7) is 0. The molecule has 0 fully saturated rings. The van der Waals surface area contributed by atoms with Crippen LogP contribution in [0.5, 0.6) is 5.75 Å². The Morgan fingerprint density at radius 1 is 1.00 bits per heavy atom. The minimum absolute atomic E-state index is 0.367. The van der Waals surface area contributed by atoms with E-state index in [0.717, 1.165) is 14.6 Å². The van der Waals surface area contributed by atoms with Gasteiger partial charge in [0.1, 0.15) is 0 Å². The number of hydrogen-bond donors (Lipinski definition) is 2. The van der Waals surface area contributed by atoms with E-state index in [2.05, 4.69) is 26.6 Å². The summed E-state index contributed by atoms with van der Waals surface area (Å²) in [7, 11) is 2.82. The van der Waals surface area contributed by atoms with Gasteiger partial charge < -0.3 is 20.1 Å². The molecule has 0 aliphatic heterocycles. The van der Waals surface area contributed by atoms with Crippen LogP contribution in [0.1, 0.15) is 9.67 Å². The van der Waals surface area contributed by atoms with Crippen molar-refractivity contribution in [3.63, 3.8) is 0 Å². The van der Waals surface area contributed by atoms with E-state index >= 15 is 0 Å². The summed E-state index contributed by atoms with van der Waals surface area (Å²) in [6.07, 6.45) is 0. The first-order chi connectivity index (χ1) is 12.5. The zero-order chi connectivity index (χ0) is 18.7. The lowest BCUT2D eigenvalue weighted by atomic mass is 10.2. The fourth-order valence-electron chi connectivity index (χ4n) is 2.41. The van der Waals surface area contributed by atoms with Gasteiger partial charge in [-0.25, -0.2) is 9.59 Å². The van der Waals surface area contributed by atoms with E-state index in [-0.39, 0.29) is 6.03 Å². The van der Waals surface area contributed by atoms with Crippen LogP contribution in [0.3, 0.4) is 0 Å². The van der Waals surface area contributed by atoms with Crippen molar-refractivity contribution in [3.8, 4) is 5.75 Å². The van der Waals surface area contributed by atoms with Crippen molar-refractivity contribution in [3.05, 3.63) is 51.8 Å². The van der Waals surface area contributed by atoms with Crippen LogP contribution in [-0.2, 0) is 4.74 Å². The molecule has 1 aromatic heterocycles. The predicted octanol–water partition coefficient (Wildman–Crippen LogP) is 5.10. The van der Waals surface area contributed by atoms with E-state index < -0.39 is 5.97 Å². The number of halogens is 1. The molecule has 0 aliphatic rings. The number of anilines is 2. The zero-order valence-corrected chi connectivity index (χ0v) is 16.4. The van der Waals surface area contributed by atoms with Gasteiger partial charge in [0, 0.05) is 25.9 Å². The highest BCUT2D eigenvalue weighted by Crippen LogP contribution is 2.39. The van der Waals surface area contributed by atoms with Gasteiger partial charge in [-0.3, -0.25) is 0 Å². The van der Waals surface area contributed by atoms with E-state index in [9.17, 15) is 9.59 Å².